The molecular formula is C21H26IN5. The number of guanidine groups is 1. The third kappa shape index (κ3) is 6.39. The average molecular weight is 475 g/mol. The van der Waals surface area contributed by atoms with Crippen molar-refractivity contribution in [3.8, 4) is 0 Å². The number of rotatable bonds is 7. The highest BCUT2D eigenvalue weighted by molar-refractivity contribution is 14.0. The fourth-order valence-electron chi connectivity index (χ4n) is 2.83. The van der Waals surface area contributed by atoms with Crippen LogP contribution in [0.1, 0.15) is 23.9 Å². The average Bonchev–Trinajstić information content (AvgIpc) is 3.09. The topological polar surface area (TPSA) is 68.2 Å². The number of aromatic nitrogens is 2. The number of aryl methyl sites for hydroxylation is 1. The first-order valence-electron chi connectivity index (χ1n) is 8.94. The van der Waals surface area contributed by atoms with Crippen LogP contribution in [0.15, 0.2) is 72.0 Å². The first-order valence-corrected chi connectivity index (χ1v) is 8.94. The van der Waals surface area contributed by atoms with Crippen molar-refractivity contribution >= 4 is 35.6 Å². The Kier molecular flexibility index (Phi) is 8.32. The summed E-state index contributed by atoms with van der Waals surface area (Å²) in [5.41, 5.74) is 9.50. The summed E-state index contributed by atoms with van der Waals surface area (Å²) in [5, 5.41) is 3.15. The van der Waals surface area contributed by atoms with Gasteiger partial charge in [-0.3, -0.25) is 4.99 Å². The lowest BCUT2D eigenvalue weighted by molar-refractivity contribution is 0.716. The predicted molar refractivity (Wildman–Crippen MR) is 123 cm³/mol. The number of nitrogens with zero attached hydrogens (tertiary/aromatic N) is 3. The highest BCUT2D eigenvalue weighted by Gasteiger charge is 2.03. The van der Waals surface area contributed by atoms with E-state index in [4.69, 9.17) is 5.73 Å². The molecule has 0 bridgehead atoms. The molecule has 142 valence electrons. The molecule has 3 N–H and O–H groups in total. The number of anilines is 1. The van der Waals surface area contributed by atoms with Crippen LogP contribution in [0.2, 0.25) is 0 Å². The maximum atomic E-state index is 6.01. The molecule has 0 radical (unpaired) electrons. The van der Waals surface area contributed by atoms with Crippen molar-refractivity contribution in [1.82, 2.24) is 9.55 Å². The van der Waals surface area contributed by atoms with Gasteiger partial charge in [-0.15, -0.1) is 24.0 Å². The summed E-state index contributed by atoms with van der Waals surface area (Å²) in [7, 11) is 0. The number of aliphatic imine (C=N–C) groups is 1. The molecule has 6 heteroatoms. The van der Waals surface area contributed by atoms with Gasteiger partial charge in [0.15, 0.2) is 5.96 Å². The lowest BCUT2D eigenvalue weighted by Gasteiger charge is -2.08. The number of benzene rings is 2. The largest absolute Gasteiger partial charge is 0.370 e. The lowest BCUT2D eigenvalue weighted by Crippen LogP contribution is -2.23. The van der Waals surface area contributed by atoms with E-state index < -0.39 is 0 Å². The van der Waals surface area contributed by atoms with E-state index in [0.29, 0.717) is 12.5 Å². The van der Waals surface area contributed by atoms with E-state index in [1.54, 1.807) is 0 Å². The Hall–Kier alpha value is -2.35. The highest BCUT2D eigenvalue weighted by Crippen LogP contribution is 2.11. The molecule has 0 atom stereocenters. The van der Waals surface area contributed by atoms with Gasteiger partial charge in [0.25, 0.3) is 0 Å². The molecular weight excluding hydrogens is 449 g/mol. The fraction of sp³-hybridized carbons (Fsp3) is 0.238. The molecule has 5 nitrogen and oxygen atoms in total. The summed E-state index contributed by atoms with van der Waals surface area (Å²) in [6, 6.07) is 18.6. The Morgan fingerprint density at radius 1 is 1.11 bits per heavy atom. The van der Waals surface area contributed by atoms with E-state index in [-0.39, 0.29) is 24.0 Å². The summed E-state index contributed by atoms with van der Waals surface area (Å²) in [6.45, 7) is 3.55. The molecule has 1 aromatic heterocycles. The first kappa shape index (κ1) is 21.0. The highest BCUT2D eigenvalue weighted by atomic mass is 127. The molecule has 2 aromatic carbocycles. The summed E-state index contributed by atoms with van der Waals surface area (Å²) in [4.78, 5) is 8.88. The Morgan fingerprint density at radius 3 is 2.67 bits per heavy atom. The van der Waals surface area contributed by atoms with Crippen LogP contribution in [0.5, 0.6) is 0 Å². The molecule has 0 amide bonds. The van der Waals surface area contributed by atoms with Crippen molar-refractivity contribution in [2.75, 3.05) is 11.9 Å². The molecule has 0 aliphatic heterocycles. The minimum absolute atomic E-state index is 0. The zero-order valence-corrected chi connectivity index (χ0v) is 17.8. The van der Waals surface area contributed by atoms with Crippen LogP contribution in [0.3, 0.4) is 0 Å². The normalized spacial score (nSPS) is 11.1. The van der Waals surface area contributed by atoms with E-state index in [2.05, 4.69) is 63.2 Å². The van der Waals surface area contributed by atoms with E-state index in [9.17, 15) is 0 Å². The number of hydrogen-bond acceptors (Lipinski definition) is 2. The second kappa shape index (κ2) is 10.7. The van der Waals surface area contributed by atoms with Crippen LogP contribution in [0.4, 0.5) is 5.69 Å². The number of imidazole rings is 1. The standard InChI is InChI=1S/C21H25N5.HI/c1-2-17-9-6-10-19(15-17)25-21(22)24-12-11-20-23-13-14-26(20)16-18-7-4-3-5-8-18;/h3-10,13-15H,2,11-12,16H2,1H3,(H3,22,24,25);1H. The summed E-state index contributed by atoms with van der Waals surface area (Å²) in [5.74, 6) is 1.44. The molecule has 0 fully saturated rings. The van der Waals surface area contributed by atoms with Crippen LogP contribution in [0.25, 0.3) is 0 Å². The summed E-state index contributed by atoms with van der Waals surface area (Å²) >= 11 is 0. The molecule has 0 saturated carbocycles. The van der Waals surface area contributed by atoms with Crippen LogP contribution in [0, 0.1) is 0 Å². The molecule has 1 heterocycles. The Labute approximate surface area is 177 Å². The van der Waals surface area contributed by atoms with Crippen molar-refractivity contribution in [3.05, 3.63) is 83.9 Å². The molecule has 0 spiro atoms. The van der Waals surface area contributed by atoms with E-state index in [1.165, 1.54) is 11.1 Å². The summed E-state index contributed by atoms with van der Waals surface area (Å²) < 4.78 is 2.15. The molecule has 0 saturated heterocycles. The second-order valence-electron chi connectivity index (χ2n) is 6.15. The van der Waals surface area contributed by atoms with Gasteiger partial charge < -0.3 is 15.6 Å². The molecule has 0 aliphatic carbocycles. The fourth-order valence-corrected chi connectivity index (χ4v) is 2.83. The molecule has 3 aromatic rings. The number of nitrogens with one attached hydrogen (secondary N) is 1. The zero-order valence-electron chi connectivity index (χ0n) is 15.5. The van der Waals surface area contributed by atoms with Crippen LogP contribution >= 0.6 is 24.0 Å². The predicted octanol–water partition coefficient (Wildman–Crippen LogP) is 4.08. The number of nitrogens with two attached hydrogens (primary N) is 1. The third-order valence-electron chi connectivity index (χ3n) is 4.22. The Balaban J connectivity index is 0.00000261. The maximum absolute atomic E-state index is 6.01. The quantitative estimate of drug-likeness (QED) is 0.308. The summed E-state index contributed by atoms with van der Waals surface area (Å²) in [6.07, 6.45) is 5.58. The zero-order chi connectivity index (χ0) is 18.2. The van der Waals surface area contributed by atoms with Gasteiger partial charge in [-0.05, 0) is 29.7 Å². The van der Waals surface area contributed by atoms with Gasteiger partial charge in [0.2, 0.25) is 0 Å². The van der Waals surface area contributed by atoms with Crippen LogP contribution in [-0.4, -0.2) is 22.1 Å². The van der Waals surface area contributed by atoms with Gasteiger partial charge in [-0.2, -0.15) is 0 Å². The minimum atomic E-state index is 0. The van der Waals surface area contributed by atoms with Gasteiger partial charge in [0.05, 0.1) is 0 Å². The van der Waals surface area contributed by atoms with Crippen molar-refractivity contribution in [3.63, 3.8) is 0 Å². The molecule has 27 heavy (non-hydrogen) atoms. The van der Waals surface area contributed by atoms with Crippen molar-refractivity contribution in [2.45, 2.75) is 26.3 Å². The first-order chi connectivity index (χ1) is 12.7. The molecule has 0 aliphatic rings. The van der Waals surface area contributed by atoms with E-state index >= 15 is 0 Å². The Morgan fingerprint density at radius 2 is 1.89 bits per heavy atom. The van der Waals surface area contributed by atoms with Crippen molar-refractivity contribution < 1.29 is 0 Å². The third-order valence-corrected chi connectivity index (χ3v) is 4.22. The van der Waals surface area contributed by atoms with E-state index in [1.807, 2.05) is 30.6 Å². The minimum Gasteiger partial charge on any atom is -0.370 e. The van der Waals surface area contributed by atoms with Crippen molar-refractivity contribution in [2.24, 2.45) is 10.7 Å². The SMILES string of the molecule is CCc1cccc(NC(N)=NCCc2nccn2Cc2ccccc2)c1.I. The van der Waals surface area contributed by atoms with Gasteiger partial charge >= 0.3 is 0 Å². The van der Waals surface area contributed by atoms with Gasteiger partial charge in [0, 0.05) is 37.6 Å². The number of halogens is 1. The Bertz CT molecular complexity index is 858. The van der Waals surface area contributed by atoms with Gasteiger partial charge in [-0.25, -0.2) is 4.98 Å². The smallest absolute Gasteiger partial charge is 0.193 e. The monoisotopic (exact) mass is 475 g/mol. The van der Waals surface area contributed by atoms with Gasteiger partial charge in [0.1, 0.15) is 5.82 Å². The van der Waals surface area contributed by atoms with E-state index in [0.717, 1.165) is 30.9 Å². The van der Waals surface area contributed by atoms with Crippen LogP contribution < -0.4 is 11.1 Å². The molecule has 3 rings (SSSR count). The van der Waals surface area contributed by atoms with Gasteiger partial charge in [-0.1, -0.05) is 49.4 Å². The van der Waals surface area contributed by atoms with Crippen molar-refractivity contribution in [1.29, 1.82) is 0 Å². The second-order valence-corrected chi connectivity index (χ2v) is 6.15. The van der Waals surface area contributed by atoms with Crippen LogP contribution in [-0.2, 0) is 19.4 Å². The maximum Gasteiger partial charge on any atom is 0.193 e. The lowest BCUT2D eigenvalue weighted by atomic mass is 10.1. The number of hydrogen-bond donors (Lipinski definition) is 2. The molecule has 0 unspecified atom stereocenters.